The molecule has 0 saturated heterocycles. The number of benzene rings is 1. The molecule has 2 N–H and O–H groups in total. The molecule has 0 aliphatic heterocycles. The van der Waals surface area contributed by atoms with E-state index in [0.29, 0.717) is 12.4 Å². The average molecular weight is 257 g/mol. The Balaban J connectivity index is 2.02. The van der Waals surface area contributed by atoms with Crippen LogP contribution in [0.25, 0.3) is 11.1 Å². The minimum absolute atomic E-state index is 0.531. The first-order chi connectivity index (χ1) is 9.15. The van der Waals surface area contributed by atoms with Gasteiger partial charge >= 0.3 is 0 Å². The lowest BCUT2D eigenvalue weighted by Gasteiger charge is -2.11. The van der Waals surface area contributed by atoms with Gasteiger partial charge in [-0.2, -0.15) is 0 Å². The van der Waals surface area contributed by atoms with E-state index in [0.717, 1.165) is 23.4 Å². The van der Waals surface area contributed by atoms with E-state index in [1.807, 2.05) is 50.5 Å². The molecule has 0 unspecified atom stereocenters. The van der Waals surface area contributed by atoms with Crippen molar-refractivity contribution in [3.8, 4) is 16.9 Å². The number of nitrogen functional groups attached to an aromatic ring is 1. The highest BCUT2D eigenvalue weighted by Gasteiger charge is 2.00. The first-order valence-corrected chi connectivity index (χ1v) is 6.24. The van der Waals surface area contributed by atoms with Crippen molar-refractivity contribution in [2.75, 3.05) is 33.0 Å². The molecule has 0 atom stereocenters. The number of nitrogens with two attached hydrogens (primary N) is 1. The molecule has 0 bridgehead atoms. The monoisotopic (exact) mass is 257 g/mol. The van der Waals surface area contributed by atoms with Gasteiger partial charge < -0.3 is 15.4 Å². The molecular formula is C15H19N3O. The summed E-state index contributed by atoms with van der Waals surface area (Å²) in [6.45, 7) is 1.59. The van der Waals surface area contributed by atoms with E-state index in [9.17, 15) is 0 Å². The molecule has 100 valence electrons. The summed E-state index contributed by atoms with van der Waals surface area (Å²) in [7, 11) is 4.06. The Morgan fingerprint density at radius 1 is 1.11 bits per heavy atom. The fourth-order valence-corrected chi connectivity index (χ4v) is 1.72. The number of nitrogens with zero attached hydrogens (tertiary/aromatic N) is 2. The average Bonchev–Trinajstić information content (AvgIpc) is 2.39. The van der Waals surface area contributed by atoms with Crippen molar-refractivity contribution in [2.24, 2.45) is 0 Å². The van der Waals surface area contributed by atoms with Crippen molar-refractivity contribution in [1.29, 1.82) is 0 Å². The molecule has 0 aliphatic carbocycles. The fraction of sp³-hybridized carbons (Fsp3) is 0.267. The van der Waals surface area contributed by atoms with Crippen molar-refractivity contribution in [1.82, 2.24) is 9.88 Å². The lowest BCUT2D eigenvalue weighted by molar-refractivity contribution is 0.261. The number of anilines is 1. The Morgan fingerprint density at radius 3 is 2.47 bits per heavy atom. The molecule has 4 heteroatoms. The highest BCUT2D eigenvalue weighted by atomic mass is 16.5. The van der Waals surface area contributed by atoms with E-state index in [2.05, 4.69) is 9.88 Å². The SMILES string of the molecule is CN(C)CCOc1ccc(-c2ccnc(N)c2)cc1. The number of likely N-dealkylation sites (N-methyl/N-ethyl adjacent to an activating group) is 1. The Bertz CT molecular complexity index is 523. The zero-order valence-corrected chi connectivity index (χ0v) is 11.3. The predicted octanol–water partition coefficient (Wildman–Crippen LogP) is 2.27. The van der Waals surface area contributed by atoms with E-state index in [1.165, 1.54) is 0 Å². The smallest absolute Gasteiger partial charge is 0.123 e. The Morgan fingerprint density at radius 2 is 1.84 bits per heavy atom. The summed E-state index contributed by atoms with van der Waals surface area (Å²) in [5, 5.41) is 0. The Kier molecular flexibility index (Phi) is 4.36. The molecule has 1 aromatic heterocycles. The van der Waals surface area contributed by atoms with E-state index >= 15 is 0 Å². The molecule has 1 heterocycles. The van der Waals surface area contributed by atoms with E-state index in [1.54, 1.807) is 6.20 Å². The summed E-state index contributed by atoms with van der Waals surface area (Å²) in [4.78, 5) is 6.08. The molecule has 0 amide bonds. The molecule has 1 aromatic carbocycles. The van der Waals surface area contributed by atoms with Gasteiger partial charge in [0.1, 0.15) is 18.2 Å². The molecule has 0 saturated carbocycles. The maximum Gasteiger partial charge on any atom is 0.123 e. The van der Waals surface area contributed by atoms with Crippen molar-refractivity contribution in [3.05, 3.63) is 42.6 Å². The van der Waals surface area contributed by atoms with Gasteiger partial charge in [0, 0.05) is 12.7 Å². The topological polar surface area (TPSA) is 51.4 Å². The minimum atomic E-state index is 0.531. The third-order valence-corrected chi connectivity index (χ3v) is 2.78. The predicted molar refractivity (Wildman–Crippen MR) is 78.1 cm³/mol. The van der Waals surface area contributed by atoms with Gasteiger partial charge in [-0.1, -0.05) is 12.1 Å². The fourth-order valence-electron chi connectivity index (χ4n) is 1.72. The van der Waals surface area contributed by atoms with Gasteiger partial charge in [0.15, 0.2) is 0 Å². The third-order valence-electron chi connectivity index (χ3n) is 2.78. The number of pyridine rings is 1. The number of hydrogen-bond donors (Lipinski definition) is 1. The first kappa shape index (κ1) is 13.4. The Hall–Kier alpha value is -2.07. The molecule has 0 radical (unpaired) electrons. The summed E-state index contributed by atoms with van der Waals surface area (Å²) >= 11 is 0. The Labute approximate surface area is 113 Å². The van der Waals surface area contributed by atoms with Crippen LogP contribution in [0.4, 0.5) is 5.82 Å². The molecule has 2 rings (SSSR count). The van der Waals surface area contributed by atoms with Gasteiger partial charge in [-0.15, -0.1) is 0 Å². The van der Waals surface area contributed by atoms with Crippen LogP contribution in [-0.2, 0) is 0 Å². The summed E-state index contributed by atoms with van der Waals surface area (Å²) in [5.41, 5.74) is 7.85. The molecule has 0 fully saturated rings. The van der Waals surface area contributed by atoms with E-state index in [-0.39, 0.29) is 0 Å². The molecule has 2 aromatic rings. The number of hydrogen-bond acceptors (Lipinski definition) is 4. The van der Waals surface area contributed by atoms with Crippen molar-refractivity contribution < 1.29 is 4.74 Å². The van der Waals surface area contributed by atoms with Gasteiger partial charge in [0.05, 0.1) is 0 Å². The molecule has 4 nitrogen and oxygen atoms in total. The standard InChI is InChI=1S/C15H19N3O/c1-18(2)9-10-19-14-5-3-12(4-6-14)13-7-8-17-15(16)11-13/h3-8,11H,9-10H2,1-2H3,(H2,16,17). The summed E-state index contributed by atoms with van der Waals surface area (Å²) < 4.78 is 5.65. The van der Waals surface area contributed by atoms with E-state index < -0.39 is 0 Å². The summed E-state index contributed by atoms with van der Waals surface area (Å²) in [5.74, 6) is 1.41. The van der Waals surface area contributed by atoms with Gasteiger partial charge in [0.2, 0.25) is 0 Å². The lowest BCUT2D eigenvalue weighted by atomic mass is 10.1. The summed E-state index contributed by atoms with van der Waals surface area (Å²) in [6, 6.07) is 11.8. The second-order valence-corrected chi connectivity index (χ2v) is 4.65. The maximum atomic E-state index is 5.68. The van der Waals surface area contributed by atoms with Crippen molar-refractivity contribution >= 4 is 5.82 Å². The number of ether oxygens (including phenoxy) is 1. The van der Waals surface area contributed by atoms with E-state index in [4.69, 9.17) is 10.5 Å². The van der Waals surface area contributed by atoms with Crippen LogP contribution >= 0.6 is 0 Å². The van der Waals surface area contributed by atoms with Crippen LogP contribution < -0.4 is 10.5 Å². The lowest BCUT2D eigenvalue weighted by Crippen LogP contribution is -2.19. The van der Waals surface area contributed by atoms with Gasteiger partial charge in [-0.05, 0) is 49.5 Å². The highest BCUT2D eigenvalue weighted by Crippen LogP contribution is 2.23. The zero-order chi connectivity index (χ0) is 13.7. The normalized spacial score (nSPS) is 10.7. The quantitative estimate of drug-likeness (QED) is 0.892. The van der Waals surface area contributed by atoms with Crippen LogP contribution in [0.2, 0.25) is 0 Å². The van der Waals surface area contributed by atoms with Crippen LogP contribution in [0.1, 0.15) is 0 Å². The minimum Gasteiger partial charge on any atom is -0.492 e. The van der Waals surface area contributed by atoms with Gasteiger partial charge in [0.25, 0.3) is 0 Å². The highest BCUT2D eigenvalue weighted by molar-refractivity contribution is 5.66. The third kappa shape index (κ3) is 3.96. The molecule has 19 heavy (non-hydrogen) atoms. The van der Waals surface area contributed by atoms with Crippen molar-refractivity contribution in [2.45, 2.75) is 0 Å². The van der Waals surface area contributed by atoms with Gasteiger partial charge in [-0.25, -0.2) is 4.98 Å². The largest absolute Gasteiger partial charge is 0.492 e. The number of rotatable bonds is 5. The second-order valence-electron chi connectivity index (χ2n) is 4.65. The summed E-state index contributed by atoms with van der Waals surface area (Å²) in [6.07, 6.45) is 1.71. The maximum absolute atomic E-state index is 5.68. The number of aromatic nitrogens is 1. The van der Waals surface area contributed by atoms with Crippen LogP contribution in [0.5, 0.6) is 5.75 Å². The zero-order valence-electron chi connectivity index (χ0n) is 11.3. The van der Waals surface area contributed by atoms with Crippen LogP contribution in [0.15, 0.2) is 42.6 Å². The van der Waals surface area contributed by atoms with Crippen molar-refractivity contribution in [3.63, 3.8) is 0 Å². The second kappa shape index (κ2) is 6.20. The first-order valence-electron chi connectivity index (χ1n) is 6.24. The van der Waals surface area contributed by atoms with Crippen LogP contribution in [0, 0.1) is 0 Å². The van der Waals surface area contributed by atoms with Gasteiger partial charge in [-0.3, -0.25) is 0 Å². The molecule has 0 spiro atoms. The molecular weight excluding hydrogens is 238 g/mol. The molecule has 0 aliphatic rings. The van der Waals surface area contributed by atoms with Crippen LogP contribution in [0.3, 0.4) is 0 Å². The van der Waals surface area contributed by atoms with Crippen LogP contribution in [-0.4, -0.2) is 37.1 Å².